The van der Waals surface area contributed by atoms with Gasteiger partial charge in [-0.1, -0.05) is 17.5 Å². The zero-order chi connectivity index (χ0) is 15.4. The molecule has 7 nitrogen and oxygen atoms in total. The number of aliphatic hydroxyl groups excluding tert-OH is 2. The van der Waals surface area contributed by atoms with E-state index in [-0.39, 0.29) is 5.15 Å². The molecular weight excluding hydrogens is 298 g/mol. The van der Waals surface area contributed by atoms with Crippen LogP contribution in [-0.4, -0.2) is 47.8 Å². The van der Waals surface area contributed by atoms with Crippen molar-refractivity contribution in [3.05, 3.63) is 23.7 Å². The number of terminal acetylenes is 1. The lowest BCUT2D eigenvalue weighted by Crippen LogP contribution is -2.55. The maximum absolute atomic E-state index is 10.6. The van der Waals surface area contributed by atoms with Crippen molar-refractivity contribution in [2.75, 3.05) is 0 Å². The van der Waals surface area contributed by atoms with Gasteiger partial charge in [0.1, 0.15) is 23.2 Å². The molecule has 2 aromatic heterocycles. The first kappa shape index (κ1) is 14.3. The monoisotopic (exact) mass is 309 g/mol. The SMILES string of the molecule is C#C[C@@]1(O)[C@@H](O)[C@H](O)O[C@@]1(C)n1ccc2c(Cl)ncnc21. The third-order valence-corrected chi connectivity index (χ3v) is 4.17. The molecule has 3 heterocycles. The van der Waals surface area contributed by atoms with E-state index in [1.165, 1.54) is 24.0 Å². The lowest BCUT2D eigenvalue weighted by molar-refractivity contribution is -0.194. The quantitative estimate of drug-likeness (QED) is 0.499. The molecule has 3 rings (SSSR count). The number of hydrogen-bond acceptors (Lipinski definition) is 6. The van der Waals surface area contributed by atoms with E-state index in [9.17, 15) is 15.3 Å². The molecule has 1 aliphatic rings. The second kappa shape index (κ2) is 4.40. The van der Waals surface area contributed by atoms with E-state index in [1.807, 2.05) is 0 Å². The molecule has 4 atom stereocenters. The Bertz CT molecular complexity index is 757. The lowest BCUT2D eigenvalue weighted by atomic mass is 9.89. The third-order valence-electron chi connectivity index (χ3n) is 3.87. The Morgan fingerprint density at radius 2 is 2.19 bits per heavy atom. The fraction of sp³-hybridized carbons (Fsp3) is 0.385. The van der Waals surface area contributed by atoms with Crippen LogP contribution < -0.4 is 0 Å². The molecule has 0 saturated carbocycles. The molecule has 8 heteroatoms. The molecule has 0 spiro atoms. The molecule has 0 radical (unpaired) electrons. The van der Waals surface area contributed by atoms with E-state index in [0.717, 1.165) is 0 Å². The smallest absolute Gasteiger partial charge is 0.204 e. The molecular formula is C13H12ClN3O4. The largest absolute Gasteiger partial charge is 0.383 e. The Kier molecular flexibility index (Phi) is 2.99. The molecule has 110 valence electrons. The van der Waals surface area contributed by atoms with Crippen LogP contribution in [0.2, 0.25) is 5.15 Å². The Hall–Kier alpha value is -1.69. The number of ether oxygens (including phenoxy) is 1. The van der Waals surface area contributed by atoms with Crippen molar-refractivity contribution in [2.45, 2.75) is 30.6 Å². The summed E-state index contributed by atoms with van der Waals surface area (Å²) in [5.74, 6) is 2.10. The molecule has 1 saturated heterocycles. The summed E-state index contributed by atoms with van der Waals surface area (Å²) in [5, 5.41) is 31.0. The van der Waals surface area contributed by atoms with Gasteiger partial charge in [-0.2, -0.15) is 0 Å². The van der Waals surface area contributed by atoms with Crippen LogP contribution in [0.4, 0.5) is 0 Å². The summed E-state index contributed by atoms with van der Waals surface area (Å²) in [6.07, 6.45) is 4.85. The first-order chi connectivity index (χ1) is 9.85. The summed E-state index contributed by atoms with van der Waals surface area (Å²) in [7, 11) is 0. The van der Waals surface area contributed by atoms with Crippen molar-refractivity contribution in [3.63, 3.8) is 0 Å². The van der Waals surface area contributed by atoms with Gasteiger partial charge in [0.25, 0.3) is 0 Å². The van der Waals surface area contributed by atoms with Crippen LogP contribution >= 0.6 is 11.6 Å². The topological polar surface area (TPSA) is 101 Å². The minimum Gasteiger partial charge on any atom is -0.383 e. The van der Waals surface area contributed by atoms with Gasteiger partial charge in [-0.3, -0.25) is 4.57 Å². The first-order valence-corrected chi connectivity index (χ1v) is 6.45. The minimum atomic E-state index is -2.14. The summed E-state index contributed by atoms with van der Waals surface area (Å²) < 4.78 is 6.74. The van der Waals surface area contributed by atoms with Crippen molar-refractivity contribution in [1.29, 1.82) is 0 Å². The Morgan fingerprint density at radius 3 is 2.86 bits per heavy atom. The number of aromatic nitrogens is 3. The van der Waals surface area contributed by atoms with Gasteiger partial charge in [0.05, 0.1) is 5.39 Å². The average molecular weight is 310 g/mol. The van der Waals surface area contributed by atoms with Crippen LogP contribution in [-0.2, 0) is 10.5 Å². The van der Waals surface area contributed by atoms with E-state index in [2.05, 4.69) is 15.9 Å². The average Bonchev–Trinajstić information content (AvgIpc) is 2.96. The second-order valence-corrected chi connectivity index (χ2v) is 5.29. The highest BCUT2D eigenvalue weighted by molar-refractivity contribution is 6.33. The molecule has 3 N–H and O–H groups in total. The highest BCUT2D eigenvalue weighted by atomic mass is 35.5. The number of rotatable bonds is 1. The predicted octanol–water partition coefficient (Wildman–Crippen LogP) is -0.169. The summed E-state index contributed by atoms with van der Waals surface area (Å²) in [4.78, 5) is 7.94. The van der Waals surface area contributed by atoms with Crippen LogP contribution in [0.3, 0.4) is 0 Å². The second-order valence-electron chi connectivity index (χ2n) is 4.93. The Morgan fingerprint density at radius 1 is 1.48 bits per heavy atom. The predicted molar refractivity (Wildman–Crippen MR) is 73.1 cm³/mol. The van der Waals surface area contributed by atoms with Crippen molar-refractivity contribution in [1.82, 2.24) is 14.5 Å². The maximum atomic E-state index is 10.6. The molecule has 0 aromatic carbocycles. The van der Waals surface area contributed by atoms with Gasteiger partial charge >= 0.3 is 0 Å². The molecule has 1 aliphatic heterocycles. The molecule has 0 aliphatic carbocycles. The van der Waals surface area contributed by atoms with E-state index in [0.29, 0.717) is 11.0 Å². The van der Waals surface area contributed by atoms with Crippen LogP contribution in [0.5, 0.6) is 0 Å². The van der Waals surface area contributed by atoms with Crippen LogP contribution in [0.15, 0.2) is 18.6 Å². The van der Waals surface area contributed by atoms with Crippen LogP contribution in [0.25, 0.3) is 11.0 Å². The maximum Gasteiger partial charge on any atom is 0.204 e. The summed E-state index contributed by atoms with van der Waals surface area (Å²) in [5.41, 5.74) is -3.41. The highest BCUT2D eigenvalue weighted by Gasteiger charge is 2.63. The first-order valence-electron chi connectivity index (χ1n) is 6.07. The van der Waals surface area contributed by atoms with Gasteiger partial charge in [-0.15, -0.1) is 6.42 Å². The zero-order valence-electron chi connectivity index (χ0n) is 10.9. The number of fused-ring (bicyclic) bond motifs is 1. The van der Waals surface area contributed by atoms with Gasteiger partial charge in [-0.05, 0) is 13.0 Å². The van der Waals surface area contributed by atoms with E-state index in [1.54, 1.807) is 6.07 Å². The molecule has 21 heavy (non-hydrogen) atoms. The lowest BCUT2D eigenvalue weighted by Gasteiger charge is -2.36. The molecule has 0 unspecified atom stereocenters. The van der Waals surface area contributed by atoms with Crippen molar-refractivity contribution < 1.29 is 20.1 Å². The minimum absolute atomic E-state index is 0.227. The van der Waals surface area contributed by atoms with E-state index < -0.39 is 23.7 Å². The van der Waals surface area contributed by atoms with Gasteiger partial charge < -0.3 is 20.1 Å². The molecule has 0 bridgehead atoms. The summed E-state index contributed by atoms with van der Waals surface area (Å²) in [6.45, 7) is 1.45. The zero-order valence-corrected chi connectivity index (χ0v) is 11.7. The van der Waals surface area contributed by atoms with Crippen LogP contribution in [0.1, 0.15) is 6.92 Å². The highest BCUT2D eigenvalue weighted by Crippen LogP contribution is 2.44. The molecule has 2 aromatic rings. The van der Waals surface area contributed by atoms with Gasteiger partial charge in [0, 0.05) is 6.20 Å². The van der Waals surface area contributed by atoms with Gasteiger partial charge in [0.2, 0.25) is 5.60 Å². The van der Waals surface area contributed by atoms with E-state index in [4.69, 9.17) is 22.8 Å². The number of aliphatic hydroxyl groups is 3. The van der Waals surface area contributed by atoms with Crippen molar-refractivity contribution in [2.24, 2.45) is 0 Å². The Labute approximate surface area is 124 Å². The molecule has 1 fully saturated rings. The van der Waals surface area contributed by atoms with E-state index >= 15 is 0 Å². The van der Waals surface area contributed by atoms with Crippen LogP contribution in [0, 0.1) is 12.3 Å². The van der Waals surface area contributed by atoms with Crippen molar-refractivity contribution in [3.8, 4) is 12.3 Å². The Balaban J connectivity index is 2.27. The van der Waals surface area contributed by atoms with Gasteiger partial charge in [-0.25, -0.2) is 9.97 Å². The number of hydrogen-bond donors (Lipinski definition) is 3. The normalized spacial score (nSPS) is 36.0. The third kappa shape index (κ3) is 1.65. The fourth-order valence-corrected chi connectivity index (χ4v) is 2.79. The number of halogens is 1. The standard InChI is InChI=1S/C13H12ClN3O4/c1-3-13(20)8(18)11(19)21-12(13,2)17-5-4-7-9(14)15-6-16-10(7)17/h1,4-6,8,11,18-20H,2H3/t8-,11+,12+,13+/m0/s1. The summed E-state index contributed by atoms with van der Waals surface area (Å²) >= 11 is 5.98. The van der Waals surface area contributed by atoms with Crippen molar-refractivity contribution >= 4 is 22.6 Å². The summed E-state index contributed by atoms with van der Waals surface area (Å²) in [6, 6.07) is 1.63. The fourth-order valence-electron chi connectivity index (χ4n) is 2.59. The molecule has 0 amide bonds. The number of nitrogens with zero attached hydrogens (tertiary/aromatic N) is 3. The van der Waals surface area contributed by atoms with Gasteiger partial charge in [0.15, 0.2) is 12.0 Å².